The lowest BCUT2D eigenvalue weighted by Gasteiger charge is -2.35. The average molecular weight is 349 g/mol. The number of fused-ring (bicyclic) bond motifs is 2. The van der Waals surface area contributed by atoms with Crippen LogP contribution in [0.25, 0.3) is 10.8 Å². The Balaban J connectivity index is 1.58. The van der Waals surface area contributed by atoms with Crippen LogP contribution in [0.4, 0.5) is 5.69 Å². The molecule has 4 heteroatoms. The first-order valence-corrected chi connectivity index (χ1v) is 9.37. The van der Waals surface area contributed by atoms with Gasteiger partial charge in [-0.3, -0.25) is 4.79 Å². The van der Waals surface area contributed by atoms with Gasteiger partial charge in [0.05, 0.1) is 5.69 Å². The highest BCUT2D eigenvalue weighted by Crippen LogP contribution is 2.36. The van der Waals surface area contributed by atoms with Crippen molar-refractivity contribution in [1.82, 2.24) is 0 Å². The van der Waals surface area contributed by atoms with Crippen molar-refractivity contribution in [2.24, 2.45) is 0 Å². The van der Waals surface area contributed by atoms with Crippen molar-refractivity contribution in [2.45, 2.75) is 18.0 Å². The van der Waals surface area contributed by atoms with Gasteiger partial charge >= 0.3 is 0 Å². The smallest absolute Gasteiger partial charge is 0.169 e. The Kier molecular flexibility index (Phi) is 4.36. The summed E-state index contributed by atoms with van der Waals surface area (Å²) in [4.78, 5) is 14.5. The first kappa shape index (κ1) is 16.0. The van der Waals surface area contributed by atoms with Gasteiger partial charge in [-0.05, 0) is 48.0 Å². The third-order valence-corrected chi connectivity index (χ3v) is 5.52. The Bertz CT molecular complexity index is 925. The number of hydrogen-bond donors (Lipinski definition) is 0. The molecule has 0 N–H and O–H groups in total. The van der Waals surface area contributed by atoms with Gasteiger partial charge in [0, 0.05) is 22.8 Å². The van der Waals surface area contributed by atoms with Gasteiger partial charge in [-0.2, -0.15) is 0 Å². The topological polar surface area (TPSA) is 29.5 Å². The largest absolute Gasteiger partial charge is 0.471 e. The molecule has 126 valence electrons. The number of hydrogen-bond acceptors (Lipinski definition) is 4. The van der Waals surface area contributed by atoms with Crippen molar-refractivity contribution < 1.29 is 9.53 Å². The van der Waals surface area contributed by atoms with Crippen LogP contribution in [0.2, 0.25) is 0 Å². The molecule has 1 aliphatic rings. The summed E-state index contributed by atoms with van der Waals surface area (Å²) < 4.78 is 6.22. The first-order valence-electron chi connectivity index (χ1n) is 8.39. The minimum Gasteiger partial charge on any atom is -0.471 e. The van der Waals surface area contributed by atoms with Crippen molar-refractivity contribution in [3.8, 4) is 5.75 Å². The van der Waals surface area contributed by atoms with Crippen LogP contribution in [0.5, 0.6) is 5.75 Å². The molecular formula is C21H19NO2S. The molecule has 0 aliphatic carbocycles. The second-order valence-corrected chi connectivity index (χ2v) is 7.25. The number of para-hydroxylation sites is 1. The van der Waals surface area contributed by atoms with Gasteiger partial charge in [0.25, 0.3) is 0 Å². The standard InChI is InChI=1S/C21H19NO2S/c1-15(22-10-11-25-21-5-3-2-4-20(21)22)24-19-9-8-17-12-16(14-23)6-7-18(17)13-19/h2-9,12-15H,10-11H2,1H3. The van der Waals surface area contributed by atoms with E-state index in [-0.39, 0.29) is 6.23 Å². The fourth-order valence-corrected chi connectivity index (χ4v) is 4.23. The molecule has 0 saturated carbocycles. The minimum absolute atomic E-state index is 0.0475. The number of nitrogens with zero attached hydrogens (tertiary/aromatic N) is 1. The predicted octanol–water partition coefficient (Wildman–Crippen LogP) is 4.99. The molecule has 1 heterocycles. The lowest BCUT2D eigenvalue weighted by Crippen LogP contribution is -2.40. The maximum absolute atomic E-state index is 10.9. The zero-order valence-corrected chi connectivity index (χ0v) is 14.8. The van der Waals surface area contributed by atoms with E-state index in [2.05, 4.69) is 36.1 Å². The number of carbonyl (C=O) groups excluding carboxylic acids is 1. The van der Waals surface area contributed by atoms with Gasteiger partial charge in [0.2, 0.25) is 0 Å². The van der Waals surface area contributed by atoms with Crippen LogP contribution in [0.3, 0.4) is 0 Å². The average Bonchev–Trinajstić information content (AvgIpc) is 2.67. The van der Waals surface area contributed by atoms with Crippen molar-refractivity contribution in [3.63, 3.8) is 0 Å². The fourth-order valence-electron chi connectivity index (χ4n) is 3.22. The van der Waals surface area contributed by atoms with E-state index in [1.807, 2.05) is 48.2 Å². The van der Waals surface area contributed by atoms with E-state index in [0.29, 0.717) is 5.56 Å². The van der Waals surface area contributed by atoms with Crippen molar-refractivity contribution >= 4 is 34.5 Å². The van der Waals surface area contributed by atoms with E-state index in [1.165, 1.54) is 10.6 Å². The molecular weight excluding hydrogens is 330 g/mol. The molecule has 4 rings (SSSR count). The Morgan fingerprint density at radius 3 is 2.76 bits per heavy atom. The highest BCUT2D eigenvalue weighted by Gasteiger charge is 2.22. The molecule has 0 spiro atoms. The Morgan fingerprint density at radius 1 is 1.08 bits per heavy atom. The van der Waals surface area contributed by atoms with Crippen LogP contribution in [0, 0.1) is 0 Å². The molecule has 0 amide bonds. The van der Waals surface area contributed by atoms with E-state index < -0.39 is 0 Å². The molecule has 0 radical (unpaired) electrons. The molecule has 1 aliphatic heterocycles. The van der Waals surface area contributed by atoms with Gasteiger partial charge in [-0.25, -0.2) is 0 Å². The van der Waals surface area contributed by atoms with Crippen LogP contribution >= 0.6 is 11.8 Å². The van der Waals surface area contributed by atoms with E-state index in [4.69, 9.17) is 4.74 Å². The van der Waals surface area contributed by atoms with Gasteiger partial charge in [0.15, 0.2) is 6.23 Å². The summed E-state index contributed by atoms with van der Waals surface area (Å²) in [7, 11) is 0. The van der Waals surface area contributed by atoms with Crippen LogP contribution in [-0.2, 0) is 0 Å². The van der Waals surface area contributed by atoms with Gasteiger partial charge < -0.3 is 9.64 Å². The fraction of sp³-hybridized carbons (Fsp3) is 0.190. The van der Waals surface area contributed by atoms with E-state index in [9.17, 15) is 4.79 Å². The number of aldehydes is 1. The molecule has 3 aromatic carbocycles. The van der Waals surface area contributed by atoms with Gasteiger partial charge in [0.1, 0.15) is 12.0 Å². The van der Waals surface area contributed by atoms with Crippen LogP contribution in [0.15, 0.2) is 65.6 Å². The molecule has 1 atom stereocenters. The summed E-state index contributed by atoms with van der Waals surface area (Å²) in [5.41, 5.74) is 1.93. The van der Waals surface area contributed by atoms with Gasteiger partial charge in [-0.15, -0.1) is 11.8 Å². The lowest BCUT2D eigenvalue weighted by atomic mass is 10.1. The highest BCUT2D eigenvalue weighted by molar-refractivity contribution is 7.99. The maximum atomic E-state index is 10.9. The number of carbonyl (C=O) groups is 1. The zero-order valence-electron chi connectivity index (χ0n) is 14.0. The second kappa shape index (κ2) is 6.81. The molecule has 3 nitrogen and oxygen atoms in total. The first-order chi connectivity index (χ1) is 12.2. The van der Waals surface area contributed by atoms with E-state index in [0.717, 1.165) is 35.1 Å². The molecule has 1 unspecified atom stereocenters. The molecule has 0 saturated heterocycles. The summed E-state index contributed by atoms with van der Waals surface area (Å²) in [6, 6.07) is 20.2. The molecule has 25 heavy (non-hydrogen) atoms. The Hall–Kier alpha value is -2.46. The van der Waals surface area contributed by atoms with E-state index in [1.54, 1.807) is 0 Å². The summed E-state index contributed by atoms with van der Waals surface area (Å²) in [5.74, 6) is 1.91. The van der Waals surface area contributed by atoms with Crippen molar-refractivity contribution in [1.29, 1.82) is 0 Å². The van der Waals surface area contributed by atoms with Crippen molar-refractivity contribution in [2.75, 3.05) is 17.2 Å². The monoisotopic (exact) mass is 349 g/mol. The molecule has 3 aromatic rings. The second-order valence-electron chi connectivity index (χ2n) is 6.11. The predicted molar refractivity (Wildman–Crippen MR) is 104 cm³/mol. The number of anilines is 1. The van der Waals surface area contributed by atoms with Gasteiger partial charge in [-0.1, -0.05) is 30.3 Å². The van der Waals surface area contributed by atoms with Crippen LogP contribution in [-0.4, -0.2) is 24.8 Å². The molecule has 0 fully saturated rings. The van der Waals surface area contributed by atoms with E-state index >= 15 is 0 Å². The normalized spacial score (nSPS) is 14.8. The summed E-state index contributed by atoms with van der Waals surface area (Å²) in [6.07, 6.45) is 0.825. The molecule has 0 bridgehead atoms. The number of thioether (sulfide) groups is 1. The van der Waals surface area contributed by atoms with Crippen LogP contribution < -0.4 is 9.64 Å². The number of rotatable bonds is 4. The number of benzene rings is 3. The minimum atomic E-state index is -0.0475. The lowest BCUT2D eigenvalue weighted by molar-refractivity contribution is 0.112. The van der Waals surface area contributed by atoms with Crippen molar-refractivity contribution in [3.05, 3.63) is 66.2 Å². The number of ether oxygens (including phenoxy) is 1. The highest BCUT2D eigenvalue weighted by atomic mass is 32.2. The maximum Gasteiger partial charge on any atom is 0.169 e. The third kappa shape index (κ3) is 3.22. The Labute approximate surface area is 151 Å². The molecule has 0 aromatic heterocycles. The van der Waals surface area contributed by atoms with Crippen LogP contribution in [0.1, 0.15) is 17.3 Å². The summed E-state index contributed by atoms with van der Waals surface area (Å²) in [5, 5.41) is 2.12. The summed E-state index contributed by atoms with van der Waals surface area (Å²) in [6.45, 7) is 3.06. The zero-order chi connectivity index (χ0) is 17.2. The SMILES string of the molecule is CC(Oc1ccc2cc(C=O)ccc2c1)N1CCSc2ccccc21. The summed E-state index contributed by atoms with van der Waals surface area (Å²) >= 11 is 1.90. The Morgan fingerprint density at radius 2 is 1.88 bits per heavy atom. The quantitative estimate of drug-likeness (QED) is 0.621. The third-order valence-electron chi connectivity index (χ3n) is 4.48.